The first-order valence-corrected chi connectivity index (χ1v) is 9.96. The third kappa shape index (κ3) is 4.53. The number of nitrogens with zero attached hydrogens (tertiary/aromatic N) is 1. The summed E-state index contributed by atoms with van der Waals surface area (Å²) in [7, 11) is -3.83. The van der Waals surface area contributed by atoms with Crippen molar-refractivity contribution in [1.82, 2.24) is 4.90 Å². The van der Waals surface area contributed by atoms with E-state index in [-0.39, 0.29) is 16.6 Å². The van der Waals surface area contributed by atoms with Crippen LogP contribution in [0.25, 0.3) is 0 Å². The largest absolute Gasteiger partial charge is 0.378 e. The number of carbonyl (C=O) groups excluding carboxylic acids is 2. The Balaban J connectivity index is 1.76. The standard InChI is InChI=1S/C19H20N2O5S/c1-14(22)16-3-2-4-17(13-16)20-27(24,25)18-7-5-15(6-8-18)19(23)21-9-11-26-12-10-21/h2-8,13,20H,9-12H2,1H3. The second kappa shape index (κ2) is 7.89. The lowest BCUT2D eigenvalue weighted by molar-refractivity contribution is 0.0303. The maximum Gasteiger partial charge on any atom is 0.261 e. The maximum absolute atomic E-state index is 12.6. The van der Waals surface area contributed by atoms with Gasteiger partial charge >= 0.3 is 0 Å². The molecule has 1 fully saturated rings. The molecular formula is C19H20N2O5S. The van der Waals surface area contributed by atoms with E-state index in [2.05, 4.69) is 4.72 Å². The highest BCUT2D eigenvalue weighted by atomic mass is 32.2. The van der Waals surface area contributed by atoms with E-state index in [0.29, 0.717) is 43.1 Å². The molecule has 0 radical (unpaired) electrons. The highest BCUT2D eigenvalue weighted by Crippen LogP contribution is 2.19. The highest BCUT2D eigenvalue weighted by molar-refractivity contribution is 7.92. The molecule has 0 aromatic heterocycles. The summed E-state index contributed by atoms with van der Waals surface area (Å²) in [6.45, 7) is 3.46. The van der Waals surface area contributed by atoms with Crippen molar-refractivity contribution in [3.05, 3.63) is 59.7 Å². The Kier molecular flexibility index (Phi) is 5.57. The SMILES string of the molecule is CC(=O)c1cccc(NS(=O)(=O)c2ccc(C(=O)N3CCOCC3)cc2)c1. The summed E-state index contributed by atoms with van der Waals surface area (Å²) < 4.78 is 32.8. The number of Topliss-reactive ketones (excluding diaryl/α,β-unsaturated/α-hetero) is 1. The summed E-state index contributed by atoms with van der Waals surface area (Å²) in [5.41, 5.74) is 1.15. The van der Waals surface area contributed by atoms with Crippen LogP contribution in [-0.2, 0) is 14.8 Å². The van der Waals surface area contributed by atoms with E-state index in [1.165, 1.54) is 37.3 Å². The summed E-state index contributed by atoms with van der Waals surface area (Å²) in [6, 6.07) is 12.1. The van der Waals surface area contributed by atoms with E-state index in [9.17, 15) is 18.0 Å². The van der Waals surface area contributed by atoms with E-state index in [1.807, 2.05) is 0 Å². The molecule has 142 valence electrons. The van der Waals surface area contributed by atoms with E-state index in [4.69, 9.17) is 4.74 Å². The molecule has 1 amide bonds. The Morgan fingerprint density at radius 2 is 1.67 bits per heavy atom. The van der Waals surface area contributed by atoms with Gasteiger partial charge in [-0.05, 0) is 43.3 Å². The second-order valence-electron chi connectivity index (χ2n) is 6.17. The first kappa shape index (κ1) is 19.1. The van der Waals surface area contributed by atoms with Gasteiger partial charge in [0, 0.05) is 29.9 Å². The van der Waals surface area contributed by atoms with E-state index in [1.54, 1.807) is 23.1 Å². The molecule has 0 saturated carbocycles. The predicted molar refractivity (Wildman–Crippen MR) is 100 cm³/mol. The predicted octanol–water partition coefficient (Wildman–Crippen LogP) is 2.16. The fourth-order valence-electron chi connectivity index (χ4n) is 2.74. The molecular weight excluding hydrogens is 368 g/mol. The number of hydrogen-bond donors (Lipinski definition) is 1. The molecule has 1 N–H and O–H groups in total. The van der Waals surface area contributed by atoms with E-state index in [0.717, 1.165) is 0 Å². The molecule has 0 atom stereocenters. The topological polar surface area (TPSA) is 92.8 Å². The molecule has 0 unspecified atom stereocenters. The average molecular weight is 388 g/mol. The Morgan fingerprint density at radius 1 is 1.00 bits per heavy atom. The fraction of sp³-hybridized carbons (Fsp3) is 0.263. The zero-order valence-electron chi connectivity index (χ0n) is 14.8. The lowest BCUT2D eigenvalue weighted by Crippen LogP contribution is -2.40. The van der Waals surface area contributed by atoms with Crippen LogP contribution in [0.5, 0.6) is 0 Å². The molecule has 8 heteroatoms. The highest BCUT2D eigenvalue weighted by Gasteiger charge is 2.20. The number of anilines is 1. The average Bonchev–Trinajstić information content (AvgIpc) is 2.68. The van der Waals surface area contributed by atoms with Gasteiger partial charge in [-0.3, -0.25) is 14.3 Å². The summed E-state index contributed by atoms with van der Waals surface area (Å²) in [5, 5.41) is 0. The molecule has 0 spiro atoms. The van der Waals surface area contributed by atoms with Crippen molar-refractivity contribution in [2.24, 2.45) is 0 Å². The molecule has 1 heterocycles. The smallest absolute Gasteiger partial charge is 0.261 e. The molecule has 2 aromatic carbocycles. The van der Waals surface area contributed by atoms with E-state index < -0.39 is 10.0 Å². The third-order valence-electron chi connectivity index (χ3n) is 4.23. The van der Waals surface area contributed by atoms with Crippen molar-refractivity contribution < 1.29 is 22.7 Å². The van der Waals surface area contributed by atoms with Crippen LogP contribution < -0.4 is 4.72 Å². The monoisotopic (exact) mass is 388 g/mol. The Labute approximate surface area is 158 Å². The molecule has 0 aliphatic carbocycles. The summed E-state index contributed by atoms with van der Waals surface area (Å²) in [4.78, 5) is 25.6. The van der Waals surface area contributed by atoms with Gasteiger partial charge in [-0.25, -0.2) is 8.42 Å². The molecule has 1 aliphatic rings. The van der Waals surface area contributed by atoms with Crippen LogP contribution in [0.2, 0.25) is 0 Å². The maximum atomic E-state index is 12.6. The molecule has 2 aromatic rings. The minimum Gasteiger partial charge on any atom is -0.378 e. The van der Waals surface area contributed by atoms with Crippen LogP contribution in [0.15, 0.2) is 53.4 Å². The van der Waals surface area contributed by atoms with Gasteiger partial charge in [0.05, 0.1) is 18.1 Å². The fourth-order valence-corrected chi connectivity index (χ4v) is 3.79. The number of rotatable bonds is 5. The minimum atomic E-state index is -3.83. The van der Waals surface area contributed by atoms with E-state index >= 15 is 0 Å². The molecule has 27 heavy (non-hydrogen) atoms. The van der Waals surface area contributed by atoms with Gasteiger partial charge < -0.3 is 9.64 Å². The minimum absolute atomic E-state index is 0.0363. The van der Waals surface area contributed by atoms with Gasteiger partial charge in [0.25, 0.3) is 15.9 Å². The number of nitrogens with one attached hydrogen (secondary N) is 1. The third-order valence-corrected chi connectivity index (χ3v) is 5.63. The molecule has 0 bridgehead atoms. The van der Waals surface area contributed by atoms with Gasteiger partial charge in [-0.15, -0.1) is 0 Å². The number of hydrogen-bond acceptors (Lipinski definition) is 5. The Hall–Kier alpha value is -2.71. The number of sulfonamides is 1. The van der Waals surface area contributed by atoms with Crippen molar-refractivity contribution in [2.45, 2.75) is 11.8 Å². The van der Waals surface area contributed by atoms with Crippen molar-refractivity contribution in [3.63, 3.8) is 0 Å². The van der Waals surface area contributed by atoms with Gasteiger partial charge in [-0.1, -0.05) is 12.1 Å². The number of ether oxygens (including phenoxy) is 1. The summed E-state index contributed by atoms with van der Waals surface area (Å²) >= 11 is 0. The van der Waals surface area contributed by atoms with Crippen LogP contribution in [0, 0.1) is 0 Å². The second-order valence-corrected chi connectivity index (χ2v) is 7.85. The van der Waals surface area contributed by atoms with Gasteiger partial charge in [0.15, 0.2) is 5.78 Å². The Bertz CT molecular complexity index is 948. The number of ketones is 1. The van der Waals surface area contributed by atoms with Gasteiger partial charge in [0.1, 0.15) is 0 Å². The number of morpholine rings is 1. The zero-order valence-corrected chi connectivity index (χ0v) is 15.7. The Morgan fingerprint density at radius 3 is 2.30 bits per heavy atom. The van der Waals surface area contributed by atoms with Gasteiger partial charge in [-0.2, -0.15) is 0 Å². The van der Waals surface area contributed by atoms with Crippen molar-refractivity contribution >= 4 is 27.4 Å². The van der Waals surface area contributed by atoms with Gasteiger partial charge in [0.2, 0.25) is 0 Å². The van der Waals surface area contributed by atoms with Crippen LogP contribution in [0.4, 0.5) is 5.69 Å². The number of carbonyl (C=O) groups is 2. The lowest BCUT2D eigenvalue weighted by atomic mass is 10.1. The lowest BCUT2D eigenvalue weighted by Gasteiger charge is -2.26. The number of benzene rings is 2. The molecule has 7 nitrogen and oxygen atoms in total. The van der Waals surface area contributed by atoms with Crippen molar-refractivity contribution in [3.8, 4) is 0 Å². The molecule has 1 aliphatic heterocycles. The van der Waals surface area contributed by atoms with Crippen LogP contribution in [0.3, 0.4) is 0 Å². The normalized spacial score (nSPS) is 14.6. The molecule has 1 saturated heterocycles. The molecule has 3 rings (SSSR count). The van der Waals surface area contributed by atoms with Crippen LogP contribution in [-0.4, -0.2) is 51.3 Å². The quantitative estimate of drug-likeness (QED) is 0.793. The summed E-state index contributed by atoms with van der Waals surface area (Å²) in [5.74, 6) is -0.300. The summed E-state index contributed by atoms with van der Waals surface area (Å²) in [6.07, 6.45) is 0. The number of amides is 1. The van der Waals surface area contributed by atoms with Crippen LogP contribution >= 0.6 is 0 Å². The zero-order chi connectivity index (χ0) is 19.4. The first-order valence-electron chi connectivity index (χ1n) is 8.48. The van der Waals surface area contributed by atoms with Crippen LogP contribution in [0.1, 0.15) is 27.6 Å². The van der Waals surface area contributed by atoms with Crippen molar-refractivity contribution in [1.29, 1.82) is 0 Å². The van der Waals surface area contributed by atoms with Crippen molar-refractivity contribution in [2.75, 3.05) is 31.0 Å². The first-order chi connectivity index (χ1) is 12.9.